The summed E-state index contributed by atoms with van der Waals surface area (Å²) in [5, 5.41) is 0. The van der Waals surface area contributed by atoms with Crippen LogP contribution in [-0.4, -0.2) is 62.8 Å². The predicted octanol–water partition coefficient (Wildman–Crippen LogP) is 8.49. The van der Waals surface area contributed by atoms with Crippen molar-refractivity contribution < 1.29 is 37.8 Å². The second-order valence-corrected chi connectivity index (χ2v) is 11.8. The number of carbonyl (C=O) groups is 1. The normalized spacial score (nSPS) is 13.4. The third-order valence-electron chi connectivity index (χ3n) is 6.28. The molecule has 0 saturated heterocycles. The summed E-state index contributed by atoms with van der Waals surface area (Å²) in [7, 11) is -2.84. The van der Waals surface area contributed by atoms with Gasteiger partial charge in [0.15, 0.2) is 0 Å². The van der Waals surface area contributed by atoms with E-state index in [1.54, 1.807) is 6.92 Å². The Balaban J connectivity index is 7.29. The minimum Gasteiger partial charge on any atom is -0.361 e. The molecule has 0 aromatic heterocycles. The first-order chi connectivity index (χ1) is 19.3. The molecule has 2 atom stereocenters. The van der Waals surface area contributed by atoms with Crippen molar-refractivity contribution in [3.05, 3.63) is 12.2 Å². The molecule has 0 bridgehead atoms. The van der Waals surface area contributed by atoms with Gasteiger partial charge < -0.3 is 28.4 Å². The van der Waals surface area contributed by atoms with Crippen molar-refractivity contribution in [2.75, 3.05) is 39.6 Å². The van der Waals surface area contributed by atoms with Gasteiger partial charge in [-0.1, -0.05) is 91.2 Å². The summed E-state index contributed by atoms with van der Waals surface area (Å²) in [6.45, 7) is 19.4. The molecule has 0 fully saturated rings. The summed E-state index contributed by atoms with van der Waals surface area (Å²) in [4.78, 5) is 13.4. The van der Waals surface area contributed by atoms with Gasteiger partial charge in [-0.3, -0.25) is 0 Å². The average molecular weight is 592 g/mol. The van der Waals surface area contributed by atoms with Gasteiger partial charge >= 0.3 is 24.8 Å². The van der Waals surface area contributed by atoms with Crippen LogP contribution in [0.4, 0.5) is 0 Å². The van der Waals surface area contributed by atoms with Crippen molar-refractivity contribution in [1.82, 2.24) is 0 Å². The maximum Gasteiger partial charge on any atom is 0.489 e. The molecular weight excluding hydrogens is 531 g/mol. The van der Waals surface area contributed by atoms with E-state index in [4.69, 9.17) is 28.4 Å². The van der Waals surface area contributed by atoms with E-state index in [2.05, 4.69) is 34.3 Å². The Morgan fingerprint density at radius 3 is 1.27 bits per heavy atom. The molecule has 0 aliphatic carbocycles. The van der Waals surface area contributed by atoms with Gasteiger partial charge in [0.1, 0.15) is 0 Å². The van der Waals surface area contributed by atoms with Crippen LogP contribution in [0.1, 0.15) is 126 Å². The van der Waals surface area contributed by atoms with Gasteiger partial charge in [0.25, 0.3) is 0 Å². The van der Waals surface area contributed by atoms with E-state index in [-0.39, 0.29) is 18.8 Å². The van der Waals surface area contributed by atoms with Crippen LogP contribution in [-0.2, 0) is 37.8 Å². The lowest BCUT2D eigenvalue weighted by Gasteiger charge is -2.43. The Morgan fingerprint density at radius 2 is 0.950 bits per heavy atom. The second-order valence-electron chi connectivity index (χ2n) is 10.2. The maximum atomic E-state index is 14.3. The van der Waals surface area contributed by atoms with Crippen LogP contribution >= 0.6 is 7.80 Å². The van der Waals surface area contributed by atoms with Gasteiger partial charge in [-0.25, -0.2) is 4.79 Å². The first-order valence-electron chi connectivity index (χ1n) is 15.7. The molecule has 236 valence electrons. The molecule has 9 heteroatoms. The molecule has 0 aromatic rings. The highest BCUT2D eigenvalue weighted by molar-refractivity contribution is 7.65. The Labute approximate surface area is 246 Å². The molecular formula is C31H60O8P+. The zero-order valence-electron chi connectivity index (χ0n) is 26.7. The van der Waals surface area contributed by atoms with Crippen LogP contribution in [0, 0.1) is 0 Å². The smallest absolute Gasteiger partial charge is 0.361 e. The van der Waals surface area contributed by atoms with Gasteiger partial charge in [-0.05, 0) is 45.4 Å². The quantitative estimate of drug-likeness (QED) is 0.0370. The zero-order valence-corrected chi connectivity index (χ0v) is 27.6. The molecule has 0 N–H and O–H groups in total. The maximum absolute atomic E-state index is 14.3. The van der Waals surface area contributed by atoms with E-state index in [1.807, 2.05) is 13.8 Å². The number of allylic oxidation sites excluding steroid dienone is 1. The Morgan fingerprint density at radius 1 is 0.625 bits per heavy atom. The minimum absolute atomic E-state index is 0.160. The van der Waals surface area contributed by atoms with Crippen LogP contribution in [0.15, 0.2) is 12.2 Å². The van der Waals surface area contributed by atoms with Crippen molar-refractivity contribution in [1.29, 1.82) is 0 Å². The van der Waals surface area contributed by atoms with E-state index in [0.717, 1.165) is 64.2 Å². The molecule has 0 aliphatic rings. The number of unbranched alkanes of at least 4 members (excludes halogenated alkanes) is 6. The number of hydrogen-bond donors (Lipinski definition) is 0. The third kappa shape index (κ3) is 13.5. The van der Waals surface area contributed by atoms with E-state index in [0.29, 0.717) is 39.3 Å². The van der Waals surface area contributed by atoms with E-state index in [9.17, 15) is 9.36 Å². The largest absolute Gasteiger partial charge is 0.489 e. The first-order valence-corrected chi connectivity index (χ1v) is 17.0. The molecule has 0 aliphatic heterocycles. The summed E-state index contributed by atoms with van der Waals surface area (Å²) in [6.07, 6.45) is 8.38. The van der Waals surface area contributed by atoms with Crippen LogP contribution in [0.2, 0.25) is 0 Å². The molecule has 0 amide bonds. The van der Waals surface area contributed by atoms with Crippen molar-refractivity contribution in [3.8, 4) is 0 Å². The van der Waals surface area contributed by atoms with Crippen molar-refractivity contribution >= 4 is 13.3 Å². The molecule has 0 radical (unpaired) electrons. The lowest BCUT2D eigenvalue weighted by atomic mass is 10.2. The number of ether oxygens (including phenoxy) is 6. The Hall–Kier alpha value is -0.730. The molecule has 0 spiro atoms. The highest BCUT2D eigenvalue weighted by Gasteiger charge is 2.71. The second kappa shape index (κ2) is 23.8. The minimum atomic E-state index is -2.84. The highest BCUT2D eigenvalue weighted by Crippen LogP contribution is 2.51. The Bertz CT molecular complexity index is 648. The average Bonchev–Trinajstić information content (AvgIpc) is 2.94. The summed E-state index contributed by atoms with van der Waals surface area (Å²) < 4.78 is 53.2. The first kappa shape index (κ1) is 39.3. The van der Waals surface area contributed by atoms with Gasteiger partial charge in [-0.15, -0.1) is 0 Å². The number of rotatable bonds is 29. The molecule has 0 rings (SSSR count). The van der Waals surface area contributed by atoms with Gasteiger partial charge in [0.05, 0.1) is 33.0 Å². The Kier molecular flexibility index (Phi) is 23.4. The van der Waals surface area contributed by atoms with Gasteiger partial charge in [0, 0.05) is 12.2 Å². The van der Waals surface area contributed by atoms with Gasteiger partial charge in [0.2, 0.25) is 6.10 Å². The summed E-state index contributed by atoms with van der Waals surface area (Å²) in [6, 6.07) is 0. The van der Waals surface area contributed by atoms with Crippen LogP contribution in [0.3, 0.4) is 0 Å². The third-order valence-corrected chi connectivity index (χ3v) is 8.09. The molecule has 40 heavy (non-hydrogen) atoms. The monoisotopic (exact) mass is 591 g/mol. The molecule has 0 heterocycles. The van der Waals surface area contributed by atoms with Crippen LogP contribution in [0.25, 0.3) is 0 Å². The SMILES string of the molecule is C=C(C)C(=O)[P+](=O)C(OCCCC)(OCCCC)C(OCCCC)C(OCCCC)(OCCCC)OCCCC. The molecule has 8 nitrogen and oxygen atoms in total. The predicted molar refractivity (Wildman–Crippen MR) is 162 cm³/mol. The summed E-state index contributed by atoms with van der Waals surface area (Å²) in [5.41, 5.74) is -2.46. The molecule has 0 saturated carbocycles. The number of hydrogen-bond acceptors (Lipinski definition) is 8. The van der Waals surface area contributed by atoms with Crippen molar-refractivity contribution in [3.63, 3.8) is 0 Å². The van der Waals surface area contributed by atoms with Crippen LogP contribution < -0.4 is 0 Å². The fourth-order valence-electron chi connectivity index (χ4n) is 3.66. The van der Waals surface area contributed by atoms with E-state index >= 15 is 0 Å². The summed E-state index contributed by atoms with van der Waals surface area (Å²) >= 11 is 0. The van der Waals surface area contributed by atoms with Crippen molar-refractivity contribution in [2.45, 2.75) is 143 Å². The lowest BCUT2D eigenvalue weighted by molar-refractivity contribution is -0.447. The van der Waals surface area contributed by atoms with Gasteiger partial charge in [-0.2, -0.15) is 0 Å². The van der Waals surface area contributed by atoms with E-state index in [1.165, 1.54) is 0 Å². The molecule has 2 unspecified atom stereocenters. The lowest BCUT2D eigenvalue weighted by Crippen LogP contribution is -2.63. The van der Waals surface area contributed by atoms with E-state index < -0.39 is 30.9 Å². The standard InChI is InChI=1S/C31H60O8P/c1-9-15-21-34-29(30(35-22-16-10-2,36-23-17-11-3)37-24-18-12-4)31(38-25-19-13-5,39-26-20-14-6)40(33)28(32)27(7)8/h29H,7,9-26H2,1-6,8H3/q+1. The van der Waals surface area contributed by atoms with Crippen molar-refractivity contribution in [2.24, 2.45) is 0 Å². The number of carbonyl (C=O) groups excluding carboxylic acids is 1. The topological polar surface area (TPSA) is 89.5 Å². The summed E-state index contributed by atoms with van der Waals surface area (Å²) in [5.74, 6) is -1.79. The fourth-order valence-corrected chi connectivity index (χ4v) is 5.15. The fraction of sp³-hybridized carbons (Fsp3) is 0.903. The molecule has 0 aromatic carbocycles. The highest BCUT2D eigenvalue weighted by atomic mass is 31.1. The van der Waals surface area contributed by atoms with Crippen LogP contribution in [0.5, 0.6) is 0 Å². The zero-order chi connectivity index (χ0) is 30.3.